The zero-order valence-electron chi connectivity index (χ0n) is 11.9. The average Bonchev–Trinajstić information content (AvgIpc) is 2.52. The molecule has 0 aromatic heterocycles. The molecule has 0 saturated heterocycles. The van der Waals surface area contributed by atoms with Gasteiger partial charge in [0.15, 0.2) is 6.29 Å². The molecular weight excluding hydrogens is 272 g/mol. The second-order valence-electron chi connectivity index (χ2n) is 4.07. The van der Waals surface area contributed by atoms with Gasteiger partial charge in [-0.2, -0.15) is 0 Å². The number of phenols is 1. The van der Waals surface area contributed by atoms with Crippen LogP contribution in [0.4, 0.5) is 0 Å². The van der Waals surface area contributed by atoms with Gasteiger partial charge in [-0.05, 0) is 24.3 Å². The lowest BCUT2D eigenvalue weighted by Crippen LogP contribution is -2.02. The van der Waals surface area contributed by atoms with Crippen molar-refractivity contribution in [2.24, 2.45) is 0 Å². The van der Waals surface area contributed by atoms with E-state index in [2.05, 4.69) is 0 Å². The van der Waals surface area contributed by atoms with Crippen LogP contribution in [0.3, 0.4) is 0 Å². The fourth-order valence-corrected chi connectivity index (χ4v) is 1.58. The smallest absolute Gasteiger partial charge is 0.335 e. The van der Waals surface area contributed by atoms with Gasteiger partial charge in [0, 0.05) is 19.8 Å². The number of methoxy groups -OCH3 is 2. The molecule has 0 atom stereocenters. The molecule has 0 amide bonds. The maximum absolute atomic E-state index is 10.2. The molecule has 112 valence electrons. The number of carboxylic acid groups (broad SMARTS) is 1. The first-order valence-corrected chi connectivity index (χ1v) is 6.21. The van der Waals surface area contributed by atoms with Crippen molar-refractivity contribution in [3.63, 3.8) is 0 Å². The van der Waals surface area contributed by atoms with Crippen LogP contribution >= 0.6 is 0 Å². The van der Waals surface area contributed by atoms with Crippen molar-refractivity contribution in [2.45, 2.75) is 6.29 Å². The standard InChI is InChI=1S/C9H12O3.C7H6O2/c1-11-9(12-2)7-3-5-8(10)6-4-7;8-7(9)6-4-2-1-3-5-6/h3-6,9-10H,1-2H3;1-5H,(H,8,9). The molecule has 2 aromatic carbocycles. The van der Waals surface area contributed by atoms with Crippen molar-refractivity contribution in [3.8, 4) is 5.75 Å². The van der Waals surface area contributed by atoms with E-state index in [1.807, 2.05) is 0 Å². The molecule has 2 aromatic rings. The number of aromatic carboxylic acids is 1. The van der Waals surface area contributed by atoms with Gasteiger partial charge in [0.05, 0.1) is 5.56 Å². The fraction of sp³-hybridized carbons (Fsp3) is 0.188. The summed E-state index contributed by atoms with van der Waals surface area (Å²) in [4.78, 5) is 10.2. The fourth-order valence-electron chi connectivity index (χ4n) is 1.58. The predicted octanol–water partition coefficient (Wildman–Crippen LogP) is 3.07. The van der Waals surface area contributed by atoms with E-state index in [4.69, 9.17) is 19.7 Å². The number of benzene rings is 2. The topological polar surface area (TPSA) is 76.0 Å². The van der Waals surface area contributed by atoms with Crippen LogP contribution in [-0.4, -0.2) is 30.4 Å². The van der Waals surface area contributed by atoms with Crippen molar-refractivity contribution in [2.75, 3.05) is 14.2 Å². The number of carboxylic acids is 1. The Balaban J connectivity index is 0.000000219. The van der Waals surface area contributed by atoms with Crippen molar-refractivity contribution in [3.05, 3.63) is 65.7 Å². The van der Waals surface area contributed by atoms with E-state index in [0.717, 1.165) is 5.56 Å². The van der Waals surface area contributed by atoms with E-state index in [9.17, 15) is 4.79 Å². The summed E-state index contributed by atoms with van der Waals surface area (Å²) < 4.78 is 10.0. The molecule has 0 fully saturated rings. The van der Waals surface area contributed by atoms with Gasteiger partial charge in [0.25, 0.3) is 0 Å². The summed E-state index contributed by atoms with van der Waals surface area (Å²) in [6.07, 6.45) is -0.356. The molecule has 0 spiro atoms. The highest BCUT2D eigenvalue weighted by molar-refractivity contribution is 5.87. The lowest BCUT2D eigenvalue weighted by Gasteiger charge is -2.12. The molecule has 0 radical (unpaired) electrons. The summed E-state index contributed by atoms with van der Waals surface area (Å²) in [6.45, 7) is 0. The third-order valence-electron chi connectivity index (χ3n) is 2.61. The minimum absolute atomic E-state index is 0.240. The number of ether oxygens (including phenoxy) is 2. The molecule has 0 aliphatic heterocycles. The Morgan fingerprint density at radius 2 is 1.48 bits per heavy atom. The van der Waals surface area contributed by atoms with Crippen LogP contribution in [0.15, 0.2) is 54.6 Å². The predicted molar refractivity (Wildman–Crippen MR) is 78.3 cm³/mol. The number of hydrogen-bond donors (Lipinski definition) is 2. The summed E-state index contributed by atoms with van der Waals surface area (Å²) in [5.74, 6) is -0.639. The van der Waals surface area contributed by atoms with Gasteiger partial charge in [0.1, 0.15) is 5.75 Å². The molecule has 0 unspecified atom stereocenters. The maximum Gasteiger partial charge on any atom is 0.335 e. The van der Waals surface area contributed by atoms with Crippen molar-refractivity contribution < 1.29 is 24.5 Å². The van der Waals surface area contributed by atoms with Gasteiger partial charge in [-0.1, -0.05) is 30.3 Å². The van der Waals surface area contributed by atoms with Gasteiger partial charge in [0.2, 0.25) is 0 Å². The molecule has 0 saturated carbocycles. The Morgan fingerprint density at radius 1 is 0.952 bits per heavy atom. The molecule has 2 N–H and O–H groups in total. The quantitative estimate of drug-likeness (QED) is 0.846. The molecule has 21 heavy (non-hydrogen) atoms. The first-order valence-electron chi connectivity index (χ1n) is 6.21. The van der Waals surface area contributed by atoms with E-state index in [-0.39, 0.29) is 12.0 Å². The first kappa shape index (κ1) is 16.7. The molecule has 0 bridgehead atoms. The summed E-state index contributed by atoms with van der Waals surface area (Å²) in [5.41, 5.74) is 1.22. The molecular formula is C16H18O5. The van der Waals surface area contributed by atoms with E-state index in [0.29, 0.717) is 5.56 Å². The van der Waals surface area contributed by atoms with Crippen molar-refractivity contribution in [1.82, 2.24) is 0 Å². The lowest BCUT2D eigenvalue weighted by atomic mass is 10.2. The second-order valence-corrected chi connectivity index (χ2v) is 4.07. The van der Waals surface area contributed by atoms with Crippen molar-refractivity contribution in [1.29, 1.82) is 0 Å². The normalized spacial score (nSPS) is 9.86. The third-order valence-corrected chi connectivity index (χ3v) is 2.61. The van der Waals surface area contributed by atoms with Crippen LogP contribution in [0.5, 0.6) is 5.75 Å². The summed E-state index contributed by atoms with van der Waals surface area (Å²) in [7, 11) is 3.14. The Morgan fingerprint density at radius 3 is 1.86 bits per heavy atom. The van der Waals surface area contributed by atoms with Crippen LogP contribution in [0.1, 0.15) is 22.2 Å². The van der Waals surface area contributed by atoms with E-state index in [1.54, 1.807) is 68.8 Å². The van der Waals surface area contributed by atoms with E-state index < -0.39 is 5.97 Å². The number of hydrogen-bond acceptors (Lipinski definition) is 4. The van der Waals surface area contributed by atoms with Crippen LogP contribution < -0.4 is 0 Å². The number of aromatic hydroxyl groups is 1. The zero-order valence-corrected chi connectivity index (χ0v) is 11.9. The number of phenolic OH excluding ortho intramolecular Hbond substituents is 1. The highest BCUT2D eigenvalue weighted by Crippen LogP contribution is 2.19. The largest absolute Gasteiger partial charge is 0.508 e. The SMILES string of the molecule is COC(OC)c1ccc(O)cc1.O=C(O)c1ccccc1. The summed E-state index contributed by atoms with van der Waals surface area (Å²) in [6, 6.07) is 15.0. The average molecular weight is 290 g/mol. The number of rotatable bonds is 4. The summed E-state index contributed by atoms with van der Waals surface area (Å²) >= 11 is 0. The van der Waals surface area contributed by atoms with Crippen LogP contribution in [0.25, 0.3) is 0 Å². The highest BCUT2D eigenvalue weighted by atomic mass is 16.7. The van der Waals surface area contributed by atoms with Crippen molar-refractivity contribution >= 4 is 5.97 Å². The van der Waals surface area contributed by atoms with Crippen LogP contribution in [-0.2, 0) is 9.47 Å². The molecule has 0 aliphatic rings. The Kier molecular flexibility index (Phi) is 6.94. The minimum atomic E-state index is -0.879. The molecule has 0 aliphatic carbocycles. The molecule has 2 rings (SSSR count). The van der Waals surface area contributed by atoms with Gasteiger partial charge in [-0.3, -0.25) is 0 Å². The van der Waals surface area contributed by atoms with Crippen LogP contribution in [0, 0.1) is 0 Å². The van der Waals surface area contributed by atoms with Gasteiger partial charge >= 0.3 is 5.97 Å². The molecule has 0 heterocycles. The first-order chi connectivity index (χ1) is 10.1. The Hall–Kier alpha value is -2.37. The lowest BCUT2D eigenvalue weighted by molar-refractivity contribution is -0.106. The molecule has 5 heteroatoms. The highest BCUT2D eigenvalue weighted by Gasteiger charge is 2.07. The van der Waals surface area contributed by atoms with Gasteiger partial charge in [-0.25, -0.2) is 4.79 Å². The monoisotopic (exact) mass is 290 g/mol. The summed E-state index contributed by atoms with van der Waals surface area (Å²) in [5, 5.41) is 17.4. The van der Waals surface area contributed by atoms with E-state index >= 15 is 0 Å². The minimum Gasteiger partial charge on any atom is -0.508 e. The number of carbonyl (C=O) groups is 1. The van der Waals surface area contributed by atoms with Crippen LogP contribution in [0.2, 0.25) is 0 Å². The third kappa shape index (κ3) is 5.64. The zero-order chi connectivity index (χ0) is 15.7. The van der Waals surface area contributed by atoms with Gasteiger partial charge < -0.3 is 19.7 Å². The Labute approximate surface area is 123 Å². The van der Waals surface area contributed by atoms with Gasteiger partial charge in [-0.15, -0.1) is 0 Å². The molecule has 5 nitrogen and oxygen atoms in total. The Bertz CT molecular complexity index is 532. The maximum atomic E-state index is 10.2. The van der Waals surface area contributed by atoms with E-state index in [1.165, 1.54) is 0 Å². The second kappa shape index (κ2) is 8.73.